The molecule has 0 spiro atoms. The fraction of sp³-hybridized carbons (Fsp3) is 0.111. The number of nitrogens with zero attached hydrogens (tertiary/aromatic N) is 4. The van der Waals surface area contributed by atoms with Crippen molar-refractivity contribution >= 4 is 5.69 Å². The van der Waals surface area contributed by atoms with E-state index in [1.165, 1.54) is 12.1 Å². The highest BCUT2D eigenvalue weighted by atomic mass is 19.4. The maximum absolute atomic E-state index is 12.4. The van der Waals surface area contributed by atoms with Gasteiger partial charge >= 0.3 is 12.2 Å². The van der Waals surface area contributed by atoms with Crippen LogP contribution in [0.1, 0.15) is 5.82 Å². The normalized spacial score (nSPS) is 11.3. The number of aromatic nitrogens is 3. The van der Waals surface area contributed by atoms with Gasteiger partial charge in [-0.3, -0.25) is 10.1 Å². The van der Waals surface area contributed by atoms with Gasteiger partial charge in [0.05, 0.1) is 4.92 Å². The van der Waals surface area contributed by atoms with Crippen LogP contribution in [0.3, 0.4) is 0 Å². The van der Waals surface area contributed by atoms with E-state index < -0.39 is 22.9 Å². The van der Waals surface area contributed by atoms with Crippen molar-refractivity contribution in [2.75, 3.05) is 5.84 Å². The Hall–Kier alpha value is -2.85. The Morgan fingerprint density at radius 1 is 1.25 bits per heavy atom. The third-order valence-corrected chi connectivity index (χ3v) is 2.17. The summed E-state index contributed by atoms with van der Waals surface area (Å²) in [7, 11) is 0. The maximum Gasteiger partial charge on any atom is 0.453 e. The quantitative estimate of drug-likeness (QED) is 0.523. The molecular formula is C9H6F3N5O3. The van der Waals surface area contributed by atoms with E-state index in [1.807, 2.05) is 0 Å². The second-order valence-electron chi connectivity index (χ2n) is 3.53. The number of non-ortho nitro benzene ring substituents is 1. The summed E-state index contributed by atoms with van der Waals surface area (Å²) in [5.41, 5.74) is -0.192. The van der Waals surface area contributed by atoms with Crippen molar-refractivity contribution in [3.05, 3.63) is 40.2 Å². The first-order chi connectivity index (χ1) is 9.29. The Balaban J connectivity index is 2.22. The number of nitro benzene ring substituents is 1. The van der Waals surface area contributed by atoms with E-state index >= 15 is 0 Å². The average Bonchev–Trinajstić information content (AvgIpc) is 2.71. The SMILES string of the molecule is Nn1c(Oc2ccc([N+](=O)[O-])cc2)nnc1C(F)(F)F. The van der Waals surface area contributed by atoms with Crippen molar-refractivity contribution in [3.8, 4) is 11.8 Å². The molecule has 0 unspecified atom stereocenters. The van der Waals surface area contributed by atoms with Gasteiger partial charge in [0.25, 0.3) is 11.5 Å². The Bertz CT molecular complexity index is 637. The van der Waals surface area contributed by atoms with Gasteiger partial charge in [-0.1, -0.05) is 5.10 Å². The van der Waals surface area contributed by atoms with Crippen LogP contribution >= 0.6 is 0 Å². The predicted octanol–water partition coefficient (Wildman–Crippen LogP) is 1.71. The van der Waals surface area contributed by atoms with Crippen LogP contribution in [0.2, 0.25) is 0 Å². The lowest BCUT2D eigenvalue weighted by molar-refractivity contribution is -0.384. The molecule has 0 amide bonds. The zero-order valence-electron chi connectivity index (χ0n) is 9.53. The van der Waals surface area contributed by atoms with Crippen LogP contribution in [0.15, 0.2) is 24.3 Å². The minimum atomic E-state index is -4.77. The second-order valence-corrected chi connectivity index (χ2v) is 3.53. The van der Waals surface area contributed by atoms with Crippen LogP contribution in [0.4, 0.5) is 18.9 Å². The summed E-state index contributed by atoms with van der Waals surface area (Å²) in [6.07, 6.45) is -4.77. The number of rotatable bonds is 3. The lowest BCUT2D eigenvalue weighted by Gasteiger charge is -2.06. The summed E-state index contributed by atoms with van der Waals surface area (Å²) < 4.78 is 42.3. The molecule has 20 heavy (non-hydrogen) atoms. The molecule has 2 aromatic rings. The molecule has 0 radical (unpaired) electrons. The summed E-state index contributed by atoms with van der Waals surface area (Å²) in [5, 5.41) is 16.4. The van der Waals surface area contributed by atoms with Gasteiger partial charge < -0.3 is 10.6 Å². The molecule has 106 valence electrons. The summed E-state index contributed by atoms with van der Waals surface area (Å²) >= 11 is 0. The van der Waals surface area contributed by atoms with Crippen LogP contribution in [0, 0.1) is 10.1 Å². The van der Waals surface area contributed by atoms with Crippen LogP contribution in [-0.2, 0) is 6.18 Å². The van der Waals surface area contributed by atoms with Gasteiger partial charge in [-0.05, 0) is 12.1 Å². The minimum Gasteiger partial charge on any atom is -0.423 e. The Kier molecular flexibility index (Phi) is 3.18. The molecule has 2 N–H and O–H groups in total. The fourth-order valence-electron chi connectivity index (χ4n) is 1.28. The van der Waals surface area contributed by atoms with E-state index in [4.69, 9.17) is 10.6 Å². The minimum absolute atomic E-state index is 0.0309. The molecule has 0 bridgehead atoms. The highest BCUT2D eigenvalue weighted by Gasteiger charge is 2.38. The standard InChI is InChI=1S/C9H6F3N5O3/c10-9(11,12)7-14-15-8(16(7)13)20-6-3-1-5(2-4-6)17(18)19/h1-4H,13H2. The fourth-order valence-corrected chi connectivity index (χ4v) is 1.28. The highest BCUT2D eigenvalue weighted by Crippen LogP contribution is 2.29. The number of benzene rings is 1. The number of ether oxygens (including phenoxy) is 1. The van der Waals surface area contributed by atoms with Gasteiger partial charge in [0, 0.05) is 12.1 Å². The molecule has 0 aliphatic carbocycles. The number of nitrogen functional groups attached to an aromatic ring is 1. The largest absolute Gasteiger partial charge is 0.453 e. The molecule has 0 saturated carbocycles. The van der Waals surface area contributed by atoms with Crippen molar-refractivity contribution in [2.45, 2.75) is 6.18 Å². The number of halogens is 3. The molecule has 0 atom stereocenters. The van der Waals surface area contributed by atoms with E-state index in [9.17, 15) is 23.3 Å². The van der Waals surface area contributed by atoms with E-state index in [2.05, 4.69) is 10.2 Å². The van der Waals surface area contributed by atoms with Crippen LogP contribution < -0.4 is 10.6 Å². The third kappa shape index (κ3) is 2.60. The molecule has 1 heterocycles. The molecule has 1 aromatic carbocycles. The third-order valence-electron chi connectivity index (χ3n) is 2.17. The van der Waals surface area contributed by atoms with Crippen molar-refractivity contribution in [1.29, 1.82) is 0 Å². The Labute approximate surface area is 108 Å². The van der Waals surface area contributed by atoms with Gasteiger partial charge in [0.1, 0.15) is 5.75 Å². The average molecular weight is 289 g/mol. The summed E-state index contributed by atoms with van der Waals surface area (Å²) in [4.78, 5) is 9.80. The van der Waals surface area contributed by atoms with Crippen molar-refractivity contribution in [2.24, 2.45) is 0 Å². The van der Waals surface area contributed by atoms with Gasteiger partial charge in [-0.2, -0.15) is 17.8 Å². The van der Waals surface area contributed by atoms with E-state index in [0.29, 0.717) is 0 Å². The van der Waals surface area contributed by atoms with Crippen LogP contribution in [0.25, 0.3) is 0 Å². The monoisotopic (exact) mass is 289 g/mol. The van der Waals surface area contributed by atoms with Gasteiger partial charge in [-0.15, -0.1) is 5.10 Å². The molecule has 1 aromatic heterocycles. The van der Waals surface area contributed by atoms with Gasteiger partial charge in [-0.25, -0.2) is 0 Å². The van der Waals surface area contributed by atoms with Gasteiger partial charge in [0.15, 0.2) is 0 Å². The first-order valence-electron chi connectivity index (χ1n) is 4.99. The molecule has 2 rings (SSSR count). The maximum atomic E-state index is 12.4. The van der Waals surface area contributed by atoms with Gasteiger partial charge in [0.2, 0.25) is 0 Å². The van der Waals surface area contributed by atoms with E-state index in [1.54, 1.807) is 0 Å². The molecule has 0 aliphatic heterocycles. The molecule has 0 fully saturated rings. The lowest BCUT2D eigenvalue weighted by Crippen LogP contribution is -2.21. The first-order valence-corrected chi connectivity index (χ1v) is 4.99. The summed E-state index contributed by atoms with van der Waals surface area (Å²) in [6, 6.07) is 4.04. The molecule has 0 aliphatic rings. The van der Waals surface area contributed by atoms with Crippen molar-refractivity contribution < 1.29 is 22.8 Å². The van der Waals surface area contributed by atoms with Crippen LogP contribution in [-0.4, -0.2) is 19.8 Å². The summed E-state index contributed by atoms with van der Waals surface area (Å²) in [5.74, 6) is 3.76. The molecule has 11 heteroatoms. The number of hydrogen-bond acceptors (Lipinski definition) is 6. The Morgan fingerprint density at radius 2 is 1.85 bits per heavy atom. The lowest BCUT2D eigenvalue weighted by atomic mass is 10.3. The first kappa shape index (κ1) is 13.6. The van der Waals surface area contributed by atoms with Crippen molar-refractivity contribution in [1.82, 2.24) is 14.9 Å². The zero-order valence-corrected chi connectivity index (χ0v) is 9.53. The second kappa shape index (κ2) is 4.68. The summed E-state index contributed by atoms with van der Waals surface area (Å²) in [6.45, 7) is 0. The highest BCUT2D eigenvalue weighted by molar-refractivity contribution is 5.37. The Morgan fingerprint density at radius 3 is 2.30 bits per heavy atom. The number of hydrogen-bond donors (Lipinski definition) is 1. The van der Waals surface area contributed by atoms with E-state index in [-0.39, 0.29) is 16.1 Å². The van der Waals surface area contributed by atoms with Crippen molar-refractivity contribution in [3.63, 3.8) is 0 Å². The number of nitrogens with two attached hydrogens (primary N) is 1. The van der Waals surface area contributed by atoms with Crippen LogP contribution in [0.5, 0.6) is 11.8 Å². The zero-order chi connectivity index (χ0) is 14.9. The molecule has 8 nitrogen and oxygen atoms in total. The topological polar surface area (TPSA) is 109 Å². The predicted molar refractivity (Wildman–Crippen MR) is 58.3 cm³/mol. The molecular weight excluding hydrogens is 283 g/mol. The van der Waals surface area contributed by atoms with E-state index in [0.717, 1.165) is 12.1 Å². The molecule has 0 saturated heterocycles. The smallest absolute Gasteiger partial charge is 0.423 e. The number of alkyl halides is 3. The number of nitro groups is 1.